The number of alkyl halides is 3. The van der Waals surface area contributed by atoms with E-state index in [1.807, 2.05) is 0 Å². The molecule has 2 aromatic rings. The van der Waals surface area contributed by atoms with Gasteiger partial charge in [0.15, 0.2) is 0 Å². The summed E-state index contributed by atoms with van der Waals surface area (Å²) >= 11 is 1.06. The van der Waals surface area contributed by atoms with Crippen LogP contribution < -0.4 is 11.1 Å². The van der Waals surface area contributed by atoms with E-state index in [-0.39, 0.29) is 10.7 Å². The first-order valence-electron chi connectivity index (χ1n) is 4.92. The van der Waals surface area contributed by atoms with Crippen LogP contribution in [0, 0.1) is 0 Å². The Morgan fingerprint density at radius 1 is 1.37 bits per heavy atom. The second-order valence-corrected chi connectivity index (χ2v) is 4.33. The second kappa shape index (κ2) is 4.84. The van der Waals surface area contributed by atoms with E-state index in [0.717, 1.165) is 17.4 Å². The molecule has 0 saturated heterocycles. The van der Waals surface area contributed by atoms with Gasteiger partial charge < -0.3 is 5.73 Å². The van der Waals surface area contributed by atoms with Crippen molar-refractivity contribution in [1.82, 2.24) is 10.2 Å². The first kappa shape index (κ1) is 13.3. The maximum atomic E-state index is 12.6. The number of carbonyl (C=O) groups is 1. The van der Waals surface area contributed by atoms with Gasteiger partial charge in [-0.2, -0.15) is 13.2 Å². The number of halogens is 3. The second-order valence-electron chi connectivity index (χ2n) is 3.50. The number of nitrogen functional groups attached to an aromatic ring is 1. The van der Waals surface area contributed by atoms with E-state index >= 15 is 0 Å². The number of amides is 1. The van der Waals surface area contributed by atoms with Crippen LogP contribution in [0.5, 0.6) is 0 Å². The van der Waals surface area contributed by atoms with Crippen LogP contribution in [0.3, 0.4) is 0 Å². The summed E-state index contributed by atoms with van der Waals surface area (Å²) in [6, 6.07) is 2.95. The van der Waals surface area contributed by atoms with Crippen molar-refractivity contribution in [1.29, 1.82) is 0 Å². The molecular weight excluding hydrogens is 281 g/mol. The molecule has 0 aliphatic heterocycles. The van der Waals surface area contributed by atoms with Gasteiger partial charge in [-0.25, -0.2) is 0 Å². The van der Waals surface area contributed by atoms with E-state index in [1.165, 1.54) is 11.6 Å². The van der Waals surface area contributed by atoms with Crippen LogP contribution in [-0.4, -0.2) is 16.1 Å². The number of nitrogens with two attached hydrogens (primary N) is 1. The predicted octanol–water partition coefficient (Wildman–Crippen LogP) is 2.39. The molecule has 0 saturated carbocycles. The summed E-state index contributed by atoms with van der Waals surface area (Å²) in [5.41, 5.74) is 5.00. The average Bonchev–Trinajstić information content (AvgIpc) is 2.80. The van der Waals surface area contributed by atoms with Gasteiger partial charge in [0.1, 0.15) is 5.51 Å². The lowest BCUT2D eigenvalue weighted by Crippen LogP contribution is -2.15. The third-order valence-corrected chi connectivity index (χ3v) is 2.81. The number of anilines is 2. The lowest BCUT2D eigenvalue weighted by molar-refractivity contribution is -0.136. The average molecular weight is 288 g/mol. The fourth-order valence-electron chi connectivity index (χ4n) is 1.34. The van der Waals surface area contributed by atoms with Gasteiger partial charge in [0.25, 0.3) is 5.91 Å². The normalized spacial score (nSPS) is 11.3. The maximum absolute atomic E-state index is 12.6. The summed E-state index contributed by atoms with van der Waals surface area (Å²) < 4.78 is 37.9. The number of carbonyl (C=O) groups excluding carboxylic acids is 1. The summed E-state index contributed by atoms with van der Waals surface area (Å²) in [7, 11) is 0. The van der Waals surface area contributed by atoms with Crippen molar-refractivity contribution >= 4 is 28.1 Å². The zero-order chi connectivity index (χ0) is 14.0. The molecule has 0 unspecified atom stereocenters. The molecule has 1 heterocycles. The highest BCUT2D eigenvalue weighted by atomic mass is 32.1. The number of benzene rings is 1. The minimum absolute atomic E-state index is 0.156. The van der Waals surface area contributed by atoms with Gasteiger partial charge in [0.2, 0.25) is 5.13 Å². The van der Waals surface area contributed by atoms with Crippen molar-refractivity contribution < 1.29 is 18.0 Å². The van der Waals surface area contributed by atoms with Gasteiger partial charge in [-0.05, 0) is 18.2 Å². The first-order valence-corrected chi connectivity index (χ1v) is 5.80. The highest BCUT2D eigenvalue weighted by Crippen LogP contribution is 2.34. The van der Waals surface area contributed by atoms with Gasteiger partial charge >= 0.3 is 6.18 Å². The molecule has 0 spiro atoms. The molecule has 5 nitrogen and oxygen atoms in total. The van der Waals surface area contributed by atoms with Gasteiger partial charge in [0, 0.05) is 11.3 Å². The molecule has 1 aromatic carbocycles. The molecule has 0 radical (unpaired) electrons. The van der Waals surface area contributed by atoms with Crippen molar-refractivity contribution in [2.75, 3.05) is 11.1 Å². The molecule has 2 rings (SSSR count). The van der Waals surface area contributed by atoms with Crippen LogP contribution in [0.25, 0.3) is 0 Å². The van der Waals surface area contributed by atoms with Crippen molar-refractivity contribution in [3.05, 3.63) is 34.8 Å². The molecular formula is C10H7F3N4OS. The quantitative estimate of drug-likeness (QED) is 0.831. The van der Waals surface area contributed by atoms with Crippen molar-refractivity contribution in [2.45, 2.75) is 6.18 Å². The van der Waals surface area contributed by atoms with Crippen LogP contribution >= 0.6 is 11.3 Å². The lowest BCUT2D eigenvalue weighted by Gasteiger charge is -2.11. The third-order valence-electron chi connectivity index (χ3n) is 2.20. The van der Waals surface area contributed by atoms with Crippen LogP contribution in [-0.2, 0) is 6.18 Å². The molecule has 0 atom stereocenters. The Hall–Kier alpha value is -2.16. The fourth-order valence-corrected chi connectivity index (χ4v) is 1.78. The minimum Gasteiger partial charge on any atom is -0.398 e. The number of nitrogens with zero attached hydrogens (tertiary/aromatic N) is 2. The van der Waals surface area contributed by atoms with E-state index in [9.17, 15) is 18.0 Å². The zero-order valence-corrected chi connectivity index (χ0v) is 10.0. The first-order chi connectivity index (χ1) is 8.88. The highest BCUT2D eigenvalue weighted by Gasteiger charge is 2.33. The van der Waals surface area contributed by atoms with Crippen molar-refractivity contribution in [3.63, 3.8) is 0 Å². The molecule has 1 amide bonds. The van der Waals surface area contributed by atoms with Crippen LogP contribution in [0.4, 0.5) is 24.0 Å². The largest absolute Gasteiger partial charge is 0.418 e. The maximum Gasteiger partial charge on any atom is 0.418 e. The van der Waals surface area contributed by atoms with E-state index in [4.69, 9.17) is 5.73 Å². The Balaban J connectivity index is 2.28. The lowest BCUT2D eigenvalue weighted by atomic mass is 10.1. The van der Waals surface area contributed by atoms with Crippen LogP contribution in [0.15, 0.2) is 23.7 Å². The molecule has 0 bridgehead atoms. The van der Waals surface area contributed by atoms with Crippen molar-refractivity contribution in [3.8, 4) is 0 Å². The van der Waals surface area contributed by atoms with Gasteiger partial charge in [0.05, 0.1) is 5.56 Å². The van der Waals surface area contributed by atoms with E-state index in [0.29, 0.717) is 6.07 Å². The molecule has 0 fully saturated rings. The predicted molar refractivity (Wildman–Crippen MR) is 63.7 cm³/mol. The monoisotopic (exact) mass is 288 g/mol. The summed E-state index contributed by atoms with van der Waals surface area (Å²) in [5.74, 6) is -0.706. The van der Waals surface area contributed by atoms with Gasteiger partial charge in [-0.1, -0.05) is 11.3 Å². The van der Waals surface area contributed by atoms with Crippen LogP contribution in [0.2, 0.25) is 0 Å². The molecule has 9 heteroatoms. The molecule has 19 heavy (non-hydrogen) atoms. The Kier molecular flexibility index (Phi) is 3.38. The number of rotatable bonds is 2. The standard InChI is InChI=1S/C10H7F3N4OS/c11-10(12,13)6-3-5(1-2-7(6)14)8(18)16-9-17-15-4-19-9/h1-4H,14H2,(H,16,17,18). The summed E-state index contributed by atoms with van der Waals surface area (Å²) in [4.78, 5) is 11.7. The number of hydrogen-bond donors (Lipinski definition) is 2. The molecule has 0 aliphatic rings. The van der Waals surface area contributed by atoms with Crippen molar-refractivity contribution in [2.24, 2.45) is 0 Å². The topological polar surface area (TPSA) is 80.9 Å². The van der Waals surface area contributed by atoms with E-state index in [1.54, 1.807) is 0 Å². The smallest absolute Gasteiger partial charge is 0.398 e. The Morgan fingerprint density at radius 2 is 2.11 bits per heavy atom. The minimum atomic E-state index is -4.61. The number of nitrogens with one attached hydrogen (secondary N) is 1. The summed E-state index contributed by atoms with van der Waals surface area (Å²) in [5, 5.41) is 9.59. The SMILES string of the molecule is Nc1ccc(C(=O)Nc2nncs2)cc1C(F)(F)F. The Bertz CT molecular complexity index is 597. The summed E-state index contributed by atoms with van der Waals surface area (Å²) in [6.45, 7) is 0. The Labute approximate surface area is 109 Å². The molecule has 3 N–H and O–H groups in total. The van der Waals surface area contributed by atoms with Crippen LogP contribution in [0.1, 0.15) is 15.9 Å². The summed E-state index contributed by atoms with van der Waals surface area (Å²) in [6.07, 6.45) is -4.61. The zero-order valence-electron chi connectivity index (χ0n) is 9.23. The number of aromatic nitrogens is 2. The number of hydrogen-bond acceptors (Lipinski definition) is 5. The molecule has 0 aliphatic carbocycles. The molecule has 100 valence electrons. The third kappa shape index (κ3) is 2.99. The fraction of sp³-hybridized carbons (Fsp3) is 0.100. The molecule has 1 aromatic heterocycles. The van der Waals surface area contributed by atoms with Gasteiger partial charge in [-0.3, -0.25) is 10.1 Å². The van der Waals surface area contributed by atoms with Gasteiger partial charge in [-0.15, -0.1) is 10.2 Å². The highest BCUT2D eigenvalue weighted by molar-refractivity contribution is 7.13. The Morgan fingerprint density at radius 3 is 2.68 bits per heavy atom. The van der Waals surface area contributed by atoms with E-state index < -0.39 is 23.3 Å². The van der Waals surface area contributed by atoms with E-state index in [2.05, 4.69) is 15.5 Å².